The van der Waals surface area contributed by atoms with Gasteiger partial charge in [-0.3, -0.25) is 14.4 Å². The minimum absolute atomic E-state index is 0.0926. The molecule has 34 heavy (non-hydrogen) atoms. The second kappa shape index (κ2) is 10.8. The van der Waals surface area contributed by atoms with Gasteiger partial charge in [-0.2, -0.15) is 5.26 Å². The molecule has 0 radical (unpaired) electrons. The average Bonchev–Trinajstić information content (AvgIpc) is 3.46. The van der Waals surface area contributed by atoms with Gasteiger partial charge in [-0.1, -0.05) is 30.3 Å². The maximum atomic E-state index is 13.2. The van der Waals surface area contributed by atoms with Gasteiger partial charge >= 0.3 is 6.09 Å². The van der Waals surface area contributed by atoms with Gasteiger partial charge in [-0.05, 0) is 31.2 Å². The minimum Gasteiger partial charge on any atom is -0.445 e. The molecule has 3 saturated heterocycles. The van der Waals surface area contributed by atoms with Crippen molar-refractivity contribution in [1.82, 2.24) is 20.9 Å². The van der Waals surface area contributed by atoms with Crippen molar-refractivity contribution in [3.63, 3.8) is 0 Å². The number of carbonyl (C=O) groups is 4. The van der Waals surface area contributed by atoms with Crippen molar-refractivity contribution in [3.8, 4) is 6.07 Å². The van der Waals surface area contributed by atoms with Crippen LogP contribution >= 0.6 is 11.8 Å². The lowest BCUT2D eigenvalue weighted by Gasteiger charge is -2.36. The third-order valence-electron chi connectivity index (χ3n) is 6.31. The number of amides is 4. The monoisotopic (exact) mass is 485 g/mol. The van der Waals surface area contributed by atoms with Gasteiger partial charge in [0.15, 0.2) is 0 Å². The number of benzene rings is 1. The summed E-state index contributed by atoms with van der Waals surface area (Å²) < 4.78 is 5.23. The first kappa shape index (κ1) is 23.9. The van der Waals surface area contributed by atoms with E-state index in [0.29, 0.717) is 31.6 Å². The molecular formula is C23H27N5O5S. The van der Waals surface area contributed by atoms with Gasteiger partial charge in [0.1, 0.15) is 24.7 Å². The summed E-state index contributed by atoms with van der Waals surface area (Å²) in [7, 11) is 0. The van der Waals surface area contributed by atoms with E-state index in [0.717, 1.165) is 5.56 Å². The maximum absolute atomic E-state index is 13.2. The third-order valence-corrected chi connectivity index (χ3v) is 7.67. The van der Waals surface area contributed by atoms with Gasteiger partial charge in [-0.25, -0.2) is 4.79 Å². The van der Waals surface area contributed by atoms with Crippen LogP contribution in [0.5, 0.6) is 0 Å². The molecule has 180 valence electrons. The van der Waals surface area contributed by atoms with E-state index in [1.165, 1.54) is 16.7 Å². The zero-order valence-electron chi connectivity index (χ0n) is 18.6. The molecular weight excluding hydrogens is 458 g/mol. The van der Waals surface area contributed by atoms with Crippen molar-refractivity contribution in [2.45, 2.75) is 55.8 Å². The maximum Gasteiger partial charge on any atom is 0.408 e. The summed E-state index contributed by atoms with van der Waals surface area (Å²) in [5, 5.41) is 17.4. The van der Waals surface area contributed by atoms with Crippen LogP contribution in [0.3, 0.4) is 0 Å². The van der Waals surface area contributed by atoms with Crippen LogP contribution in [-0.2, 0) is 25.7 Å². The Hall–Kier alpha value is -3.26. The average molecular weight is 486 g/mol. The molecule has 0 spiro atoms. The molecule has 1 aromatic carbocycles. The van der Waals surface area contributed by atoms with Crippen molar-refractivity contribution in [2.75, 3.05) is 12.3 Å². The first-order chi connectivity index (χ1) is 16.5. The normalized spacial score (nSPS) is 26.7. The van der Waals surface area contributed by atoms with Gasteiger partial charge < -0.3 is 25.6 Å². The summed E-state index contributed by atoms with van der Waals surface area (Å²) in [5.74, 6) is -0.745. The lowest BCUT2D eigenvalue weighted by Crippen LogP contribution is -2.59. The summed E-state index contributed by atoms with van der Waals surface area (Å²) in [4.78, 5) is 51.7. The molecule has 3 fully saturated rings. The van der Waals surface area contributed by atoms with E-state index in [1.807, 2.05) is 30.3 Å². The number of nitrogens with one attached hydrogen (secondary N) is 3. The number of hydrogen-bond acceptors (Lipinski definition) is 7. The molecule has 0 unspecified atom stereocenters. The van der Waals surface area contributed by atoms with Gasteiger partial charge in [0.25, 0.3) is 0 Å². The molecule has 3 aliphatic heterocycles. The Labute approximate surface area is 201 Å². The largest absolute Gasteiger partial charge is 0.445 e. The van der Waals surface area contributed by atoms with Crippen molar-refractivity contribution in [1.29, 1.82) is 5.26 Å². The zero-order chi connectivity index (χ0) is 24.1. The number of nitriles is 1. The third kappa shape index (κ3) is 5.44. The molecule has 3 N–H and O–H groups in total. The summed E-state index contributed by atoms with van der Waals surface area (Å²) in [6, 6.07) is 8.96. The van der Waals surface area contributed by atoms with E-state index in [1.54, 1.807) is 0 Å². The quantitative estimate of drug-likeness (QED) is 0.521. The highest BCUT2D eigenvalue weighted by Gasteiger charge is 2.47. The van der Waals surface area contributed by atoms with Crippen LogP contribution in [0.1, 0.15) is 31.2 Å². The molecule has 4 rings (SSSR count). The van der Waals surface area contributed by atoms with Gasteiger partial charge in [-0.15, -0.1) is 11.8 Å². The lowest BCUT2D eigenvalue weighted by molar-refractivity contribution is -0.143. The lowest BCUT2D eigenvalue weighted by atomic mass is 9.98. The summed E-state index contributed by atoms with van der Waals surface area (Å²) in [5.41, 5.74) is 0.836. The fourth-order valence-electron chi connectivity index (χ4n) is 4.50. The number of fused-ring (bicyclic) bond motifs is 1. The summed E-state index contributed by atoms with van der Waals surface area (Å²) in [6.45, 7) is 0.663. The number of rotatable bonds is 7. The van der Waals surface area contributed by atoms with Crippen molar-refractivity contribution in [2.24, 2.45) is 5.92 Å². The Morgan fingerprint density at radius 3 is 2.74 bits per heavy atom. The fraction of sp³-hybridized carbons (Fsp3) is 0.522. The second-order valence-corrected chi connectivity index (χ2v) is 9.80. The Balaban J connectivity index is 1.32. The zero-order valence-corrected chi connectivity index (χ0v) is 19.4. The van der Waals surface area contributed by atoms with E-state index < -0.39 is 30.1 Å². The minimum atomic E-state index is -0.813. The fourth-order valence-corrected chi connectivity index (χ4v) is 5.93. The number of carbonyl (C=O) groups excluding carboxylic acids is 4. The number of nitrogens with zero attached hydrogens (tertiary/aromatic N) is 2. The van der Waals surface area contributed by atoms with E-state index in [4.69, 9.17) is 4.74 Å². The van der Waals surface area contributed by atoms with Crippen LogP contribution < -0.4 is 16.0 Å². The highest BCUT2D eigenvalue weighted by atomic mass is 32.2. The van der Waals surface area contributed by atoms with Crippen LogP contribution in [0, 0.1) is 17.2 Å². The van der Waals surface area contributed by atoms with Crippen molar-refractivity contribution >= 4 is 35.6 Å². The van der Waals surface area contributed by atoms with Crippen LogP contribution in [0.25, 0.3) is 0 Å². The Morgan fingerprint density at radius 2 is 2.03 bits per heavy atom. The number of piperidine rings is 1. The summed E-state index contributed by atoms with van der Waals surface area (Å²) >= 11 is 1.52. The highest BCUT2D eigenvalue weighted by molar-refractivity contribution is 8.00. The number of ether oxygens (including phenoxy) is 1. The Morgan fingerprint density at radius 1 is 1.24 bits per heavy atom. The standard InChI is InChI=1S/C23H27N5O5S/c24-11-16(10-15-8-9-25-20(15)29)26-21(30)18-13-34-19-7-6-17(22(31)28(18)19)27-23(32)33-12-14-4-2-1-3-5-14/h1-5,15-19H,6-10,12-13H2,(H,25,29)(H,26,30)(H,27,32)/t15-,16-,17-,18-,19-/m0/s1. The first-order valence-electron chi connectivity index (χ1n) is 11.3. The molecule has 0 aliphatic carbocycles. The van der Waals surface area contributed by atoms with Gasteiger partial charge in [0.2, 0.25) is 17.7 Å². The van der Waals surface area contributed by atoms with E-state index in [9.17, 15) is 24.4 Å². The molecule has 3 heterocycles. The van der Waals surface area contributed by atoms with Crippen LogP contribution in [-0.4, -0.2) is 64.5 Å². The number of alkyl carbamates (subject to hydrolysis) is 1. The molecule has 0 saturated carbocycles. The number of hydrogen-bond donors (Lipinski definition) is 3. The van der Waals surface area contributed by atoms with Crippen molar-refractivity contribution in [3.05, 3.63) is 35.9 Å². The van der Waals surface area contributed by atoms with E-state index in [-0.39, 0.29) is 36.1 Å². The predicted molar refractivity (Wildman–Crippen MR) is 123 cm³/mol. The van der Waals surface area contributed by atoms with Gasteiger partial charge in [0, 0.05) is 18.2 Å². The summed E-state index contributed by atoms with van der Waals surface area (Å²) in [6.07, 6.45) is 1.27. The van der Waals surface area contributed by atoms with Gasteiger partial charge in [0.05, 0.1) is 11.4 Å². The molecule has 0 aromatic heterocycles. The smallest absolute Gasteiger partial charge is 0.408 e. The van der Waals surface area contributed by atoms with Crippen LogP contribution in [0.15, 0.2) is 30.3 Å². The van der Waals surface area contributed by atoms with Crippen LogP contribution in [0.2, 0.25) is 0 Å². The second-order valence-electron chi connectivity index (χ2n) is 8.59. The predicted octanol–water partition coefficient (Wildman–Crippen LogP) is 0.880. The molecule has 1 aromatic rings. The first-order valence-corrected chi connectivity index (χ1v) is 12.4. The molecule has 3 aliphatic rings. The van der Waals surface area contributed by atoms with E-state index in [2.05, 4.69) is 22.0 Å². The highest BCUT2D eigenvalue weighted by Crippen LogP contribution is 2.36. The Kier molecular flexibility index (Phi) is 7.57. The van der Waals surface area contributed by atoms with Crippen molar-refractivity contribution < 1.29 is 23.9 Å². The SMILES string of the molecule is N#C[C@H](C[C@@H]1CCNC1=O)NC(=O)[C@@H]1CS[C@H]2CC[C@H](NC(=O)OCc3ccccc3)C(=O)N21. The Bertz CT molecular complexity index is 984. The molecule has 11 heteroatoms. The molecule has 10 nitrogen and oxygen atoms in total. The topological polar surface area (TPSA) is 141 Å². The molecule has 0 bridgehead atoms. The molecule has 5 atom stereocenters. The number of thioether (sulfide) groups is 1. The van der Waals surface area contributed by atoms with Crippen LogP contribution in [0.4, 0.5) is 4.79 Å². The van der Waals surface area contributed by atoms with E-state index >= 15 is 0 Å². The molecule has 4 amide bonds.